The minimum atomic E-state index is -0.383. The Balaban J connectivity index is 2.10. The third kappa shape index (κ3) is 3.61. The number of rotatable bonds is 5. The molecular formula is C14H14BrN3O2. The number of aromatic nitrogens is 1. The summed E-state index contributed by atoms with van der Waals surface area (Å²) in [5.74, 6) is 0. The number of benzene rings is 1. The lowest BCUT2D eigenvalue weighted by atomic mass is 10.2. The van der Waals surface area contributed by atoms with Crippen LogP contribution in [0.25, 0.3) is 0 Å². The second-order valence-corrected chi connectivity index (χ2v) is 5.29. The minimum absolute atomic E-state index is 0.0914. The van der Waals surface area contributed by atoms with Gasteiger partial charge in [-0.2, -0.15) is 0 Å². The predicted molar refractivity (Wildman–Crippen MR) is 80.2 cm³/mol. The molecule has 1 aromatic heterocycles. The van der Waals surface area contributed by atoms with Gasteiger partial charge < -0.3 is 0 Å². The van der Waals surface area contributed by atoms with Gasteiger partial charge in [0.05, 0.1) is 15.1 Å². The fraction of sp³-hybridized carbons (Fsp3) is 0.214. The standard InChI is InChI=1S/C14H14BrN3O2/c1-17(10-12-6-2-3-8-16-12)9-11-5-4-7-13(14(11)15)18(19)20/h2-8H,9-10H2,1H3. The van der Waals surface area contributed by atoms with Crippen molar-refractivity contribution in [1.29, 1.82) is 0 Å². The Morgan fingerprint density at radius 3 is 2.70 bits per heavy atom. The van der Waals surface area contributed by atoms with E-state index in [1.54, 1.807) is 12.3 Å². The molecule has 1 heterocycles. The summed E-state index contributed by atoms with van der Waals surface area (Å²) in [6.45, 7) is 1.30. The van der Waals surface area contributed by atoms with Crippen molar-refractivity contribution < 1.29 is 4.92 Å². The van der Waals surface area contributed by atoms with Crippen molar-refractivity contribution in [3.63, 3.8) is 0 Å². The maximum absolute atomic E-state index is 10.9. The fourth-order valence-electron chi connectivity index (χ4n) is 1.94. The van der Waals surface area contributed by atoms with Crippen LogP contribution in [0.15, 0.2) is 47.1 Å². The normalized spacial score (nSPS) is 10.8. The van der Waals surface area contributed by atoms with Gasteiger partial charge in [-0.15, -0.1) is 0 Å². The van der Waals surface area contributed by atoms with Crippen LogP contribution in [0.3, 0.4) is 0 Å². The van der Waals surface area contributed by atoms with Gasteiger partial charge in [-0.1, -0.05) is 18.2 Å². The van der Waals surface area contributed by atoms with Crippen LogP contribution in [0.1, 0.15) is 11.3 Å². The molecule has 0 radical (unpaired) electrons. The molecular weight excluding hydrogens is 322 g/mol. The molecule has 0 bridgehead atoms. The number of hydrogen-bond donors (Lipinski definition) is 0. The van der Waals surface area contributed by atoms with E-state index in [4.69, 9.17) is 0 Å². The number of nitro groups is 1. The van der Waals surface area contributed by atoms with E-state index in [0.717, 1.165) is 11.3 Å². The average molecular weight is 336 g/mol. The van der Waals surface area contributed by atoms with Crippen molar-refractivity contribution in [3.05, 3.63) is 68.4 Å². The van der Waals surface area contributed by atoms with Gasteiger partial charge in [-0.3, -0.25) is 20.0 Å². The summed E-state index contributed by atoms with van der Waals surface area (Å²) < 4.78 is 0.540. The Hall–Kier alpha value is -1.79. The van der Waals surface area contributed by atoms with E-state index in [2.05, 4.69) is 25.8 Å². The molecule has 0 unspecified atom stereocenters. The van der Waals surface area contributed by atoms with Gasteiger partial charge in [-0.25, -0.2) is 0 Å². The zero-order valence-corrected chi connectivity index (χ0v) is 12.6. The molecule has 0 fully saturated rings. The largest absolute Gasteiger partial charge is 0.296 e. The lowest BCUT2D eigenvalue weighted by molar-refractivity contribution is -0.385. The molecule has 20 heavy (non-hydrogen) atoms. The van der Waals surface area contributed by atoms with E-state index in [1.807, 2.05) is 31.3 Å². The van der Waals surface area contributed by atoms with Crippen LogP contribution in [-0.4, -0.2) is 21.9 Å². The molecule has 1 aromatic carbocycles. The summed E-state index contributed by atoms with van der Waals surface area (Å²) in [6, 6.07) is 10.9. The molecule has 0 N–H and O–H groups in total. The van der Waals surface area contributed by atoms with Crippen LogP contribution in [0, 0.1) is 10.1 Å². The molecule has 0 amide bonds. The molecule has 2 aromatic rings. The monoisotopic (exact) mass is 335 g/mol. The number of halogens is 1. The van der Waals surface area contributed by atoms with Gasteiger partial charge >= 0.3 is 0 Å². The highest BCUT2D eigenvalue weighted by Gasteiger charge is 2.15. The Kier molecular flexibility index (Phi) is 4.81. The van der Waals surface area contributed by atoms with Crippen molar-refractivity contribution in [2.24, 2.45) is 0 Å². The van der Waals surface area contributed by atoms with Crippen LogP contribution in [-0.2, 0) is 13.1 Å². The molecule has 0 aliphatic carbocycles. The van der Waals surface area contributed by atoms with Gasteiger partial charge in [0.15, 0.2) is 0 Å². The quantitative estimate of drug-likeness (QED) is 0.620. The molecule has 0 atom stereocenters. The van der Waals surface area contributed by atoms with Crippen LogP contribution >= 0.6 is 15.9 Å². The highest BCUT2D eigenvalue weighted by atomic mass is 79.9. The third-order valence-electron chi connectivity index (χ3n) is 2.85. The smallest absolute Gasteiger partial charge is 0.283 e. The zero-order valence-electron chi connectivity index (χ0n) is 11.0. The molecule has 6 heteroatoms. The van der Waals surface area contributed by atoms with Crippen molar-refractivity contribution in [2.75, 3.05) is 7.05 Å². The van der Waals surface area contributed by atoms with E-state index < -0.39 is 0 Å². The maximum atomic E-state index is 10.9. The summed E-state index contributed by atoms with van der Waals surface area (Å²) in [6.07, 6.45) is 1.76. The summed E-state index contributed by atoms with van der Waals surface area (Å²) in [5.41, 5.74) is 1.95. The van der Waals surface area contributed by atoms with Crippen molar-refractivity contribution in [1.82, 2.24) is 9.88 Å². The highest BCUT2D eigenvalue weighted by molar-refractivity contribution is 9.10. The number of hydrogen-bond acceptors (Lipinski definition) is 4. The van der Waals surface area contributed by atoms with Crippen LogP contribution in [0.2, 0.25) is 0 Å². The summed E-state index contributed by atoms with van der Waals surface area (Å²) in [5, 5.41) is 10.9. The first-order chi connectivity index (χ1) is 9.58. The van der Waals surface area contributed by atoms with E-state index in [0.29, 0.717) is 17.6 Å². The molecule has 0 saturated carbocycles. The molecule has 104 valence electrons. The van der Waals surface area contributed by atoms with E-state index >= 15 is 0 Å². The van der Waals surface area contributed by atoms with E-state index in [9.17, 15) is 10.1 Å². The first-order valence-electron chi connectivity index (χ1n) is 6.08. The number of nitrogens with zero attached hydrogens (tertiary/aromatic N) is 3. The number of pyridine rings is 1. The van der Waals surface area contributed by atoms with Gasteiger partial charge in [0.1, 0.15) is 0 Å². The summed E-state index contributed by atoms with van der Waals surface area (Å²) in [4.78, 5) is 16.8. The second kappa shape index (κ2) is 6.58. The van der Waals surface area contributed by atoms with Crippen LogP contribution in [0.5, 0.6) is 0 Å². The fourth-order valence-corrected chi connectivity index (χ4v) is 2.48. The van der Waals surface area contributed by atoms with Crippen molar-refractivity contribution in [3.8, 4) is 0 Å². The Morgan fingerprint density at radius 2 is 2.05 bits per heavy atom. The molecule has 0 aliphatic heterocycles. The topological polar surface area (TPSA) is 59.3 Å². The first kappa shape index (κ1) is 14.6. The molecule has 0 aliphatic rings. The van der Waals surface area contributed by atoms with Gasteiger partial charge in [0, 0.05) is 25.4 Å². The second-order valence-electron chi connectivity index (χ2n) is 4.50. The minimum Gasteiger partial charge on any atom is -0.296 e. The maximum Gasteiger partial charge on any atom is 0.283 e. The first-order valence-corrected chi connectivity index (χ1v) is 6.87. The Morgan fingerprint density at radius 1 is 1.25 bits per heavy atom. The van der Waals surface area contributed by atoms with Crippen LogP contribution in [0.4, 0.5) is 5.69 Å². The Bertz CT molecular complexity index is 605. The predicted octanol–water partition coefficient (Wildman–Crippen LogP) is 3.38. The molecule has 2 rings (SSSR count). The summed E-state index contributed by atoms with van der Waals surface area (Å²) >= 11 is 3.31. The van der Waals surface area contributed by atoms with Crippen molar-refractivity contribution in [2.45, 2.75) is 13.1 Å². The average Bonchev–Trinajstić information content (AvgIpc) is 2.42. The zero-order chi connectivity index (χ0) is 14.5. The molecule has 0 spiro atoms. The summed E-state index contributed by atoms with van der Waals surface area (Å²) in [7, 11) is 1.96. The van der Waals surface area contributed by atoms with Gasteiger partial charge in [0.2, 0.25) is 0 Å². The van der Waals surface area contributed by atoms with Crippen LogP contribution < -0.4 is 0 Å². The molecule has 5 nitrogen and oxygen atoms in total. The lowest BCUT2D eigenvalue weighted by Gasteiger charge is -2.17. The lowest BCUT2D eigenvalue weighted by Crippen LogP contribution is -2.18. The Labute approximate surface area is 125 Å². The number of nitro benzene ring substituents is 1. The highest BCUT2D eigenvalue weighted by Crippen LogP contribution is 2.29. The van der Waals surface area contributed by atoms with Gasteiger partial charge in [0.25, 0.3) is 5.69 Å². The van der Waals surface area contributed by atoms with Crippen molar-refractivity contribution >= 4 is 21.6 Å². The SMILES string of the molecule is CN(Cc1ccccn1)Cc1cccc([N+](=O)[O-])c1Br. The van der Waals surface area contributed by atoms with E-state index in [-0.39, 0.29) is 10.6 Å². The van der Waals surface area contributed by atoms with Gasteiger partial charge in [-0.05, 0) is 40.7 Å². The van der Waals surface area contributed by atoms with E-state index in [1.165, 1.54) is 6.07 Å². The molecule has 0 saturated heterocycles. The third-order valence-corrected chi connectivity index (χ3v) is 3.77.